The van der Waals surface area contributed by atoms with Crippen LogP contribution >= 0.6 is 23.1 Å². The van der Waals surface area contributed by atoms with Crippen molar-refractivity contribution in [3.63, 3.8) is 0 Å². The summed E-state index contributed by atoms with van der Waals surface area (Å²) in [6.45, 7) is 7.65. The van der Waals surface area contributed by atoms with Crippen molar-refractivity contribution in [2.24, 2.45) is 0 Å². The third-order valence-electron chi connectivity index (χ3n) is 5.27. The van der Waals surface area contributed by atoms with Crippen molar-refractivity contribution in [1.29, 1.82) is 0 Å². The van der Waals surface area contributed by atoms with Crippen LogP contribution in [0.1, 0.15) is 29.3 Å². The largest absolute Gasteiger partial charge is 0.496 e. The molecule has 0 aliphatic heterocycles. The standard InChI is InChI=1S/C24H26N6O2S2/c1-14-10-15(2)21(16(3)11-14)29(17(4)31)23-26-18(12-33-23)13-34-24-28-27-22(30(24)25)19-8-6-7-9-20(19)32-5/h6-12H,13,25H2,1-5H3. The van der Waals surface area contributed by atoms with E-state index in [0.29, 0.717) is 27.6 Å². The van der Waals surface area contributed by atoms with Gasteiger partial charge in [-0.3, -0.25) is 9.69 Å². The summed E-state index contributed by atoms with van der Waals surface area (Å²) in [4.78, 5) is 19.0. The van der Waals surface area contributed by atoms with Gasteiger partial charge in [-0.1, -0.05) is 41.6 Å². The number of aryl methyl sites for hydroxylation is 3. The maximum Gasteiger partial charge on any atom is 0.230 e. The van der Waals surface area contributed by atoms with Crippen molar-refractivity contribution in [2.75, 3.05) is 17.9 Å². The minimum Gasteiger partial charge on any atom is -0.496 e. The van der Waals surface area contributed by atoms with E-state index in [1.165, 1.54) is 27.8 Å². The molecule has 0 atom stereocenters. The van der Waals surface area contributed by atoms with E-state index in [1.54, 1.807) is 18.9 Å². The van der Waals surface area contributed by atoms with Crippen molar-refractivity contribution in [1.82, 2.24) is 19.9 Å². The smallest absolute Gasteiger partial charge is 0.230 e. The van der Waals surface area contributed by atoms with Crippen molar-refractivity contribution < 1.29 is 9.53 Å². The van der Waals surface area contributed by atoms with E-state index >= 15 is 0 Å². The molecule has 0 saturated carbocycles. The second-order valence-corrected chi connectivity index (χ2v) is 9.67. The molecule has 0 bridgehead atoms. The highest BCUT2D eigenvalue weighted by molar-refractivity contribution is 7.98. The molecule has 4 rings (SSSR count). The Labute approximate surface area is 206 Å². The van der Waals surface area contributed by atoms with Crippen molar-refractivity contribution in [3.05, 3.63) is 64.2 Å². The molecule has 10 heteroatoms. The van der Waals surface area contributed by atoms with Gasteiger partial charge in [0.15, 0.2) is 11.0 Å². The molecule has 4 aromatic rings. The topological polar surface area (TPSA) is 99.2 Å². The number of para-hydroxylation sites is 1. The van der Waals surface area contributed by atoms with Gasteiger partial charge < -0.3 is 10.6 Å². The fraction of sp³-hybridized carbons (Fsp3) is 0.250. The summed E-state index contributed by atoms with van der Waals surface area (Å²) in [6.07, 6.45) is 0. The minimum absolute atomic E-state index is 0.0771. The average Bonchev–Trinajstić information content (AvgIpc) is 3.40. The van der Waals surface area contributed by atoms with Crippen LogP contribution in [0.4, 0.5) is 10.8 Å². The van der Waals surface area contributed by atoms with E-state index in [9.17, 15) is 4.79 Å². The van der Waals surface area contributed by atoms with Gasteiger partial charge in [0.05, 0.1) is 24.1 Å². The predicted octanol–water partition coefficient (Wildman–Crippen LogP) is 5.03. The number of aromatic nitrogens is 4. The number of ether oxygens (including phenoxy) is 1. The number of hydrogen-bond acceptors (Lipinski definition) is 8. The quantitative estimate of drug-likeness (QED) is 0.284. The Hall–Kier alpha value is -3.37. The van der Waals surface area contributed by atoms with E-state index < -0.39 is 0 Å². The number of thioether (sulfide) groups is 1. The number of nitrogen functional groups attached to an aromatic ring is 1. The Morgan fingerprint density at radius 3 is 2.56 bits per heavy atom. The number of hydrogen-bond donors (Lipinski definition) is 1. The number of nitrogens with zero attached hydrogens (tertiary/aromatic N) is 5. The number of nitrogens with two attached hydrogens (primary N) is 1. The van der Waals surface area contributed by atoms with Crippen LogP contribution in [0.2, 0.25) is 0 Å². The average molecular weight is 495 g/mol. The van der Waals surface area contributed by atoms with Crippen LogP contribution in [0.25, 0.3) is 11.4 Å². The maximum absolute atomic E-state index is 12.6. The van der Waals surface area contributed by atoms with Gasteiger partial charge in [0.2, 0.25) is 11.1 Å². The summed E-state index contributed by atoms with van der Waals surface area (Å²) in [5, 5.41) is 11.6. The lowest BCUT2D eigenvalue weighted by Crippen LogP contribution is -2.24. The van der Waals surface area contributed by atoms with E-state index in [2.05, 4.69) is 29.3 Å². The summed E-state index contributed by atoms with van der Waals surface area (Å²) in [7, 11) is 1.61. The Bertz CT molecular complexity index is 1320. The lowest BCUT2D eigenvalue weighted by atomic mass is 10.0. The van der Waals surface area contributed by atoms with Crippen molar-refractivity contribution >= 4 is 39.8 Å². The fourth-order valence-corrected chi connectivity index (χ4v) is 5.63. The molecule has 0 aliphatic carbocycles. The molecule has 2 N–H and O–H groups in total. The molecular weight excluding hydrogens is 468 g/mol. The van der Waals surface area contributed by atoms with Crippen molar-refractivity contribution in [3.8, 4) is 17.1 Å². The SMILES string of the molecule is COc1ccccc1-c1nnc(SCc2csc(N(C(C)=O)c3c(C)cc(C)cc3C)n2)n1N. The highest BCUT2D eigenvalue weighted by atomic mass is 32.2. The number of amides is 1. The first-order valence-corrected chi connectivity index (χ1v) is 12.5. The summed E-state index contributed by atoms with van der Waals surface area (Å²) in [5.74, 6) is 7.94. The first-order chi connectivity index (χ1) is 16.3. The Kier molecular flexibility index (Phi) is 6.90. The molecule has 34 heavy (non-hydrogen) atoms. The molecule has 0 aliphatic rings. The molecule has 8 nitrogen and oxygen atoms in total. The molecule has 0 fully saturated rings. The van der Waals surface area contributed by atoms with Gasteiger partial charge in [-0.25, -0.2) is 9.66 Å². The summed E-state index contributed by atoms with van der Waals surface area (Å²) < 4.78 is 6.87. The zero-order valence-electron chi connectivity index (χ0n) is 19.7. The van der Waals surface area contributed by atoms with Gasteiger partial charge in [0.1, 0.15) is 5.75 Å². The first-order valence-electron chi connectivity index (χ1n) is 10.6. The van der Waals surface area contributed by atoms with Gasteiger partial charge >= 0.3 is 0 Å². The summed E-state index contributed by atoms with van der Waals surface area (Å²) in [6, 6.07) is 11.7. The molecule has 0 unspecified atom stereocenters. The first kappa shape index (κ1) is 23.8. The van der Waals surface area contributed by atoms with Gasteiger partial charge in [0.25, 0.3) is 0 Å². The number of rotatable bonds is 7. The number of anilines is 2. The van der Waals surface area contributed by atoms with Crippen LogP contribution in [0.5, 0.6) is 5.75 Å². The molecule has 2 heterocycles. The zero-order valence-corrected chi connectivity index (χ0v) is 21.3. The molecule has 2 aromatic heterocycles. The number of benzene rings is 2. The van der Waals surface area contributed by atoms with Crippen LogP contribution in [-0.2, 0) is 10.5 Å². The van der Waals surface area contributed by atoms with E-state index in [0.717, 1.165) is 33.6 Å². The van der Waals surface area contributed by atoms with Crippen LogP contribution in [-0.4, -0.2) is 32.9 Å². The van der Waals surface area contributed by atoms with E-state index in [4.69, 9.17) is 15.6 Å². The Morgan fingerprint density at radius 2 is 1.88 bits per heavy atom. The molecular formula is C24H26N6O2S2. The van der Waals surface area contributed by atoms with Gasteiger partial charge in [-0.15, -0.1) is 21.5 Å². The Morgan fingerprint density at radius 1 is 1.18 bits per heavy atom. The molecule has 0 saturated heterocycles. The normalized spacial score (nSPS) is 11.0. The highest BCUT2D eigenvalue weighted by Crippen LogP contribution is 2.36. The fourth-order valence-electron chi connectivity index (χ4n) is 3.91. The highest BCUT2D eigenvalue weighted by Gasteiger charge is 2.22. The molecule has 2 aromatic carbocycles. The molecule has 176 valence electrons. The number of thiazole rings is 1. The number of carbonyl (C=O) groups is 1. The van der Waals surface area contributed by atoms with Gasteiger partial charge in [0, 0.05) is 18.1 Å². The predicted molar refractivity (Wildman–Crippen MR) is 137 cm³/mol. The number of carbonyl (C=O) groups excluding carboxylic acids is 1. The molecule has 0 radical (unpaired) electrons. The second kappa shape index (κ2) is 9.86. The lowest BCUT2D eigenvalue weighted by molar-refractivity contribution is -0.115. The minimum atomic E-state index is -0.0771. The third kappa shape index (κ3) is 4.64. The van der Waals surface area contributed by atoms with E-state index in [1.807, 2.05) is 43.5 Å². The zero-order chi connectivity index (χ0) is 24.4. The van der Waals surface area contributed by atoms with E-state index in [-0.39, 0.29) is 5.91 Å². The lowest BCUT2D eigenvalue weighted by Gasteiger charge is -2.23. The van der Waals surface area contributed by atoms with Gasteiger partial charge in [-0.2, -0.15) is 0 Å². The van der Waals surface area contributed by atoms with Crippen molar-refractivity contribution in [2.45, 2.75) is 38.6 Å². The van der Waals surface area contributed by atoms with Crippen LogP contribution in [0, 0.1) is 20.8 Å². The van der Waals surface area contributed by atoms with Gasteiger partial charge in [-0.05, 0) is 44.0 Å². The van der Waals surface area contributed by atoms with Crippen LogP contribution < -0.4 is 15.5 Å². The molecule has 0 spiro atoms. The second-order valence-electron chi connectivity index (χ2n) is 7.89. The Balaban J connectivity index is 1.55. The monoisotopic (exact) mass is 494 g/mol. The summed E-state index contributed by atoms with van der Waals surface area (Å²) >= 11 is 2.87. The van der Waals surface area contributed by atoms with Crippen LogP contribution in [0.3, 0.4) is 0 Å². The molecule has 1 amide bonds. The maximum atomic E-state index is 12.6. The van der Waals surface area contributed by atoms with Crippen LogP contribution in [0.15, 0.2) is 46.9 Å². The third-order valence-corrected chi connectivity index (χ3v) is 7.12. The number of methoxy groups -OCH3 is 1. The summed E-state index contributed by atoms with van der Waals surface area (Å²) in [5.41, 5.74) is 5.73.